The first-order valence-electron chi connectivity index (χ1n) is 10.3. The summed E-state index contributed by atoms with van der Waals surface area (Å²) in [5.41, 5.74) is 10.7. The zero-order chi connectivity index (χ0) is 24.5. The second-order valence-corrected chi connectivity index (χ2v) is 7.70. The van der Waals surface area contributed by atoms with Crippen LogP contribution in [0.1, 0.15) is 28.9 Å². The smallest absolute Gasteiger partial charge is 0.416 e. The zero-order valence-electron chi connectivity index (χ0n) is 17.7. The van der Waals surface area contributed by atoms with Gasteiger partial charge in [-0.05, 0) is 61.4 Å². The highest BCUT2D eigenvalue weighted by molar-refractivity contribution is 5.92. The van der Waals surface area contributed by atoms with Gasteiger partial charge in [0.05, 0.1) is 5.56 Å². The first-order chi connectivity index (χ1) is 16.1. The summed E-state index contributed by atoms with van der Waals surface area (Å²) in [6.45, 7) is 0.544. The van der Waals surface area contributed by atoms with E-state index >= 15 is 0 Å². The summed E-state index contributed by atoms with van der Waals surface area (Å²) in [5.74, 6) is -0.0395. The summed E-state index contributed by atoms with van der Waals surface area (Å²) in [4.78, 5) is 34.1. The zero-order valence-corrected chi connectivity index (χ0v) is 17.7. The molecule has 1 atom stereocenters. The fourth-order valence-electron chi connectivity index (χ4n) is 3.69. The molecule has 1 unspecified atom stereocenters. The standard InChI is InChI=1S/C23H20F3N5O3/c24-23(25,26)14-5-9-16(10-6-14)34-15-7-3-13(4-8-15)22-29-17(20(27)32)12-19(30-22)31-11-1-2-18(31)21(28)33/h3-10,12,18H,1-2,11H2,(H2,27,32)(H2,28,33). The first-order valence-corrected chi connectivity index (χ1v) is 10.3. The molecule has 4 N–H and O–H groups in total. The fraction of sp³-hybridized carbons (Fsp3) is 0.217. The Kier molecular flexibility index (Phi) is 6.10. The van der Waals surface area contributed by atoms with Crippen molar-refractivity contribution in [2.24, 2.45) is 11.5 Å². The van der Waals surface area contributed by atoms with Crippen molar-refractivity contribution < 1.29 is 27.5 Å². The van der Waals surface area contributed by atoms with Gasteiger partial charge in [-0.15, -0.1) is 0 Å². The van der Waals surface area contributed by atoms with Gasteiger partial charge in [0.25, 0.3) is 5.91 Å². The number of anilines is 1. The molecule has 3 aromatic rings. The molecule has 1 aromatic heterocycles. The van der Waals surface area contributed by atoms with Crippen LogP contribution >= 0.6 is 0 Å². The number of primary amides is 2. The average Bonchev–Trinajstić information content (AvgIpc) is 3.29. The molecule has 0 radical (unpaired) electrons. The Morgan fingerprint density at radius 2 is 1.59 bits per heavy atom. The number of halogens is 3. The average molecular weight is 471 g/mol. The summed E-state index contributed by atoms with van der Waals surface area (Å²) in [6.07, 6.45) is -3.10. The van der Waals surface area contributed by atoms with Crippen LogP contribution in [0.5, 0.6) is 11.5 Å². The number of nitrogens with zero attached hydrogens (tertiary/aromatic N) is 3. The van der Waals surface area contributed by atoms with E-state index in [0.29, 0.717) is 30.1 Å². The van der Waals surface area contributed by atoms with Crippen LogP contribution in [0.2, 0.25) is 0 Å². The molecule has 0 saturated carbocycles. The van der Waals surface area contributed by atoms with Crippen molar-refractivity contribution in [3.63, 3.8) is 0 Å². The summed E-state index contributed by atoms with van der Waals surface area (Å²) < 4.78 is 43.7. The number of carbonyl (C=O) groups is 2. The van der Waals surface area contributed by atoms with E-state index in [4.69, 9.17) is 16.2 Å². The van der Waals surface area contributed by atoms with E-state index in [1.54, 1.807) is 29.2 Å². The lowest BCUT2D eigenvalue weighted by atomic mass is 10.2. The van der Waals surface area contributed by atoms with Crippen LogP contribution in [0.3, 0.4) is 0 Å². The topological polar surface area (TPSA) is 124 Å². The highest BCUT2D eigenvalue weighted by Crippen LogP contribution is 2.32. The van der Waals surface area contributed by atoms with Gasteiger partial charge in [-0.25, -0.2) is 9.97 Å². The number of hydrogen-bond donors (Lipinski definition) is 2. The van der Waals surface area contributed by atoms with Crippen LogP contribution in [0.25, 0.3) is 11.4 Å². The second-order valence-electron chi connectivity index (χ2n) is 7.70. The molecule has 2 heterocycles. The predicted molar refractivity (Wildman–Crippen MR) is 117 cm³/mol. The number of hydrogen-bond acceptors (Lipinski definition) is 6. The van der Waals surface area contributed by atoms with Gasteiger partial charge < -0.3 is 21.1 Å². The summed E-state index contributed by atoms with van der Waals surface area (Å²) in [5, 5.41) is 0. The van der Waals surface area contributed by atoms with Crippen molar-refractivity contribution >= 4 is 17.6 Å². The van der Waals surface area contributed by atoms with Crippen molar-refractivity contribution in [3.05, 3.63) is 65.9 Å². The van der Waals surface area contributed by atoms with Gasteiger partial charge in [-0.3, -0.25) is 9.59 Å². The Morgan fingerprint density at radius 3 is 2.15 bits per heavy atom. The summed E-state index contributed by atoms with van der Waals surface area (Å²) in [6, 6.07) is 11.7. The van der Waals surface area contributed by atoms with E-state index in [1.807, 2.05) is 0 Å². The van der Waals surface area contributed by atoms with Gasteiger partial charge in [-0.2, -0.15) is 13.2 Å². The highest BCUT2D eigenvalue weighted by atomic mass is 19.4. The third-order valence-electron chi connectivity index (χ3n) is 5.37. The van der Waals surface area contributed by atoms with Gasteiger partial charge in [0, 0.05) is 18.2 Å². The lowest BCUT2D eigenvalue weighted by Crippen LogP contribution is -2.41. The Hall–Kier alpha value is -4.15. The lowest BCUT2D eigenvalue weighted by Gasteiger charge is -2.23. The number of amides is 2. The quantitative estimate of drug-likeness (QED) is 0.567. The molecule has 0 spiro atoms. The molecular weight excluding hydrogens is 451 g/mol. The molecule has 2 aromatic carbocycles. The van der Waals surface area contributed by atoms with Crippen LogP contribution in [0.15, 0.2) is 54.6 Å². The largest absolute Gasteiger partial charge is 0.457 e. The molecule has 0 aliphatic carbocycles. The van der Waals surface area contributed by atoms with Crippen molar-refractivity contribution in [2.75, 3.05) is 11.4 Å². The number of benzene rings is 2. The molecule has 2 amide bonds. The van der Waals surface area contributed by atoms with Crippen LogP contribution in [-0.2, 0) is 11.0 Å². The van der Waals surface area contributed by atoms with Gasteiger partial charge >= 0.3 is 6.18 Å². The van der Waals surface area contributed by atoms with Crippen LogP contribution < -0.4 is 21.1 Å². The third kappa shape index (κ3) is 4.92. The van der Waals surface area contributed by atoms with Crippen LogP contribution in [0.4, 0.5) is 19.0 Å². The SMILES string of the molecule is NC(=O)c1cc(N2CCCC2C(N)=O)nc(-c2ccc(Oc3ccc(C(F)(F)F)cc3)cc2)n1. The summed E-state index contributed by atoms with van der Waals surface area (Å²) >= 11 is 0. The Bertz CT molecular complexity index is 1210. The van der Waals surface area contributed by atoms with Gasteiger partial charge in [-0.1, -0.05) is 0 Å². The second kappa shape index (κ2) is 9.00. The molecule has 176 valence electrons. The molecule has 4 rings (SSSR count). The molecule has 1 saturated heterocycles. The molecule has 34 heavy (non-hydrogen) atoms. The van der Waals surface area contributed by atoms with Crippen LogP contribution in [-0.4, -0.2) is 34.4 Å². The fourth-order valence-corrected chi connectivity index (χ4v) is 3.69. The Morgan fingerprint density at radius 1 is 0.971 bits per heavy atom. The maximum atomic E-state index is 12.7. The Balaban J connectivity index is 1.59. The molecule has 1 aliphatic heterocycles. The highest BCUT2D eigenvalue weighted by Gasteiger charge is 2.31. The number of alkyl halides is 3. The maximum absolute atomic E-state index is 12.7. The van der Waals surface area contributed by atoms with Crippen LogP contribution in [0, 0.1) is 0 Å². The van der Waals surface area contributed by atoms with Crippen molar-refractivity contribution in [2.45, 2.75) is 25.1 Å². The molecule has 11 heteroatoms. The normalized spacial score (nSPS) is 15.9. The number of nitrogens with two attached hydrogens (primary N) is 2. The number of carbonyl (C=O) groups excluding carboxylic acids is 2. The van der Waals surface area contributed by atoms with Crippen molar-refractivity contribution in [3.8, 4) is 22.9 Å². The van der Waals surface area contributed by atoms with E-state index in [-0.39, 0.29) is 17.3 Å². The van der Waals surface area contributed by atoms with E-state index in [1.165, 1.54) is 18.2 Å². The van der Waals surface area contributed by atoms with E-state index in [2.05, 4.69) is 9.97 Å². The van der Waals surface area contributed by atoms with Gasteiger partial charge in [0.15, 0.2) is 5.82 Å². The number of aromatic nitrogens is 2. The lowest BCUT2D eigenvalue weighted by molar-refractivity contribution is -0.137. The van der Waals surface area contributed by atoms with Gasteiger partial charge in [0.1, 0.15) is 29.1 Å². The van der Waals surface area contributed by atoms with E-state index in [0.717, 1.165) is 18.6 Å². The first kappa shape index (κ1) is 23.0. The third-order valence-corrected chi connectivity index (χ3v) is 5.37. The molecular formula is C23H20F3N5O3. The van der Waals surface area contributed by atoms with Crippen molar-refractivity contribution in [1.82, 2.24) is 9.97 Å². The van der Waals surface area contributed by atoms with E-state index < -0.39 is 29.6 Å². The molecule has 0 bridgehead atoms. The minimum absolute atomic E-state index is 0.0137. The minimum Gasteiger partial charge on any atom is -0.457 e. The molecule has 8 nitrogen and oxygen atoms in total. The minimum atomic E-state index is -4.43. The van der Waals surface area contributed by atoms with E-state index in [9.17, 15) is 22.8 Å². The van der Waals surface area contributed by atoms with Gasteiger partial charge in [0.2, 0.25) is 5.91 Å². The summed E-state index contributed by atoms with van der Waals surface area (Å²) in [7, 11) is 0. The monoisotopic (exact) mass is 471 g/mol. The molecule has 1 fully saturated rings. The Labute approximate surface area is 192 Å². The maximum Gasteiger partial charge on any atom is 0.416 e. The molecule has 1 aliphatic rings. The predicted octanol–water partition coefficient (Wildman–Crippen LogP) is 3.51. The number of rotatable bonds is 6. The van der Waals surface area contributed by atoms with Crippen molar-refractivity contribution in [1.29, 1.82) is 0 Å². The number of ether oxygens (including phenoxy) is 1.